The van der Waals surface area contributed by atoms with E-state index < -0.39 is 5.97 Å². The zero-order chi connectivity index (χ0) is 23.2. The Balaban J connectivity index is 1.34. The van der Waals surface area contributed by atoms with E-state index >= 15 is 0 Å². The van der Waals surface area contributed by atoms with Gasteiger partial charge in [-0.05, 0) is 53.7 Å². The van der Waals surface area contributed by atoms with Gasteiger partial charge < -0.3 is 20.1 Å². The smallest absolute Gasteiger partial charge is 0.307 e. The van der Waals surface area contributed by atoms with Crippen LogP contribution in [-0.2, 0) is 16.0 Å². The van der Waals surface area contributed by atoms with Crippen molar-refractivity contribution in [2.45, 2.75) is 19.3 Å². The molecule has 2 N–H and O–H groups in total. The van der Waals surface area contributed by atoms with Crippen LogP contribution in [-0.4, -0.2) is 43.3 Å². The summed E-state index contributed by atoms with van der Waals surface area (Å²) in [5, 5.41) is 12.7. The van der Waals surface area contributed by atoms with Gasteiger partial charge in [0.25, 0.3) is 0 Å². The summed E-state index contributed by atoms with van der Waals surface area (Å²) >= 11 is 0. The number of aromatic nitrogens is 1. The Hall–Kier alpha value is -3.54. The Kier molecular flexibility index (Phi) is 7.13. The van der Waals surface area contributed by atoms with Crippen LogP contribution in [0.3, 0.4) is 0 Å². The fraction of sp³-hybridized carbons (Fsp3) is 0.333. The van der Waals surface area contributed by atoms with E-state index in [-0.39, 0.29) is 18.3 Å². The van der Waals surface area contributed by atoms with Crippen molar-refractivity contribution in [1.29, 1.82) is 0 Å². The highest BCUT2D eigenvalue weighted by molar-refractivity contribution is 5.85. The lowest BCUT2D eigenvalue weighted by molar-refractivity contribution is -0.135. The highest BCUT2D eigenvalue weighted by Gasteiger charge is 2.26. The average molecular weight is 446 g/mol. The van der Waals surface area contributed by atoms with Gasteiger partial charge in [-0.15, -0.1) is 0 Å². The second kappa shape index (κ2) is 10.4. The number of benzene rings is 1. The van der Waals surface area contributed by atoms with Crippen LogP contribution in [0.4, 0.5) is 11.5 Å². The molecule has 2 aromatic rings. The molecule has 0 amide bonds. The molecule has 0 saturated heterocycles. The summed E-state index contributed by atoms with van der Waals surface area (Å²) in [6.07, 6.45) is 12.0. The number of carbonyl (C=O) groups is 1. The van der Waals surface area contributed by atoms with E-state index in [0.717, 1.165) is 47.8 Å². The highest BCUT2D eigenvalue weighted by Crippen LogP contribution is 2.37. The first-order chi connectivity index (χ1) is 16.0. The summed E-state index contributed by atoms with van der Waals surface area (Å²) in [5.41, 5.74) is 4.25. The molecule has 0 bridgehead atoms. The Morgan fingerprint density at radius 2 is 2.09 bits per heavy atom. The van der Waals surface area contributed by atoms with Crippen LogP contribution in [0.25, 0.3) is 5.57 Å². The molecule has 33 heavy (non-hydrogen) atoms. The first-order valence-corrected chi connectivity index (χ1v) is 11.4. The molecule has 1 heterocycles. The van der Waals surface area contributed by atoms with Crippen LogP contribution in [0.1, 0.15) is 24.0 Å². The SMILES string of the molecule is CN(C)c1ccnc(NCCCOC2=CC3Cc4ccccc4C(CC(=O)O)=CC3C=C2)c1. The number of aliphatic carboxylic acids is 1. The Labute approximate surface area is 195 Å². The van der Waals surface area contributed by atoms with E-state index in [0.29, 0.717) is 6.61 Å². The van der Waals surface area contributed by atoms with E-state index in [1.54, 1.807) is 0 Å². The summed E-state index contributed by atoms with van der Waals surface area (Å²) in [6.45, 7) is 1.40. The lowest BCUT2D eigenvalue weighted by Crippen LogP contribution is -2.15. The Morgan fingerprint density at radius 3 is 2.91 bits per heavy atom. The monoisotopic (exact) mass is 445 g/mol. The van der Waals surface area contributed by atoms with Gasteiger partial charge in [-0.3, -0.25) is 4.79 Å². The fourth-order valence-electron chi connectivity index (χ4n) is 4.37. The van der Waals surface area contributed by atoms with Gasteiger partial charge in [0.2, 0.25) is 0 Å². The van der Waals surface area contributed by atoms with Crippen molar-refractivity contribution < 1.29 is 14.6 Å². The van der Waals surface area contributed by atoms with E-state index in [4.69, 9.17) is 4.74 Å². The van der Waals surface area contributed by atoms with Gasteiger partial charge in [-0.1, -0.05) is 36.4 Å². The molecule has 2 atom stereocenters. The second-order valence-corrected chi connectivity index (χ2v) is 8.72. The molecule has 172 valence electrons. The van der Waals surface area contributed by atoms with Crippen molar-refractivity contribution >= 4 is 23.0 Å². The second-order valence-electron chi connectivity index (χ2n) is 8.72. The molecule has 6 heteroatoms. The van der Waals surface area contributed by atoms with Crippen molar-refractivity contribution in [2.24, 2.45) is 11.8 Å². The molecule has 2 aliphatic carbocycles. The number of anilines is 2. The highest BCUT2D eigenvalue weighted by atomic mass is 16.5. The van der Waals surface area contributed by atoms with Crippen LogP contribution in [0.2, 0.25) is 0 Å². The maximum atomic E-state index is 11.4. The van der Waals surface area contributed by atoms with Crippen LogP contribution in [0.5, 0.6) is 0 Å². The number of nitrogens with one attached hydrogen (secondary N) is 1. The molecule has 4 rings (SSSR count). The lowest BCUT2D eigenvalue weighted by atomic mass is 9.84. The number of hydrogen-bond donors (Lipinski definition) is 2. The number of nitrogens with zero attached hydrogens (tertiary/aromatic N) is 2. The first kappa shape index (κ1) is 22.6. The van der Waals surface area contributed by atoms with Gasteiger partial charge in [0, 0.05) is 44.5 Å². The third-order valence-corrected chi connectivity index (χ3v) is 6.07. The summed E-state index contributed by atoms with van der Waals surface area (Å²) in [5.74, 6) is 1.38. The minimum atomic E-state index is -0.800. The molecule has 2 aliphatic rings. The van der Waals surface area contributed by atoms with Gasteiger partial charge in [0.1, 0.15) is 11.6 Å². The molecule has 0 saturated carbocycles. The summed E-state index contributed by atoms with van der Waals surface area (Å²) < 4.78 is 6.04. The van der Waals surface area contributed by atoms with Gasteiger partial charge in [0.05, 0.1) is 13.0 Å². The molecular formula is C27H31N3O3. The number of carboxylic acid groups (broad SMARTS) is 1. The quantitative estimate of drug-likeness (QED) is 0.542. The maximum Gasteiger partial charge on any atom is 0.307 e. The zero-order valence-corrected chi connectivity index (χ0v) is 19.2. The van der Waals surface area contributed by atoms with E-state index in [1.807, 2.05) is 56.7 Å². The molecule has 1 aromatic heterocycles. The predicted molar refractivity (Wildman–Crippen MR) is 132 cm³/mol. The fourth-order valence-corrected chi connectivity index (χ4v) is 4.37. The minimum Gasteiger partial charge on any atom is -0.494 e. The number of ether oxygens (including phenoxy) is 1. The molecule has 6 nitrogen and oxygen atoms in total. The number of hydrogen-bond acceptors (Lipinski definition) is 5. The molecule has 0 spiro atoms. The number of rotatable bonds is 9. The van der Waals surface area contributed by atoms with Gasteiger partial charge in [0.15, 0.2) is 0 Å². The summed E-state index contributed by atoms with van der Waals surface area (Å²) in [7, 11) is 4.02. The number of pyridine rings is 1. The van der Waals surface area contributed by atoms with E-state index in [1.165, 1.54) is 5.56 Å². The largest absolute Gasteiger partial charge is 0.494 e. The molecule has 2 unspecified atom stereocenters. The van der Waals surface area contributed by atoms with Crippen LogP contribution in [0, 0.1) is 11.8 Å². The summed E-state index contributed by atoms with van der Waals surface area (Å²) in [4.78, 5) is 17.8. The van der Waals surface area contributed by atoms with E-state index in [9.17, 15) is 9.90 Å². The molecule has 0 fully saturated rings. The van der Waals surface area contributed by atoms with E-state index in [2.05, 4.69) is 39.5 Å². The molecular weight excluding hydrogens is 414 g/mol. The molecule has 0 radical (unpaired) electrons. The predicted octanol–water partition coefficient (Wildman–Crippen LogP) is 4.77. The zero-order valence-electron chi connectivity index (χ0n) is 19.2. The third kappa shape index (κ3) is 5.83. The Morgan fingerprint density at radius 1 is 1.24 bits per heavy atom. The number of carboxylic acids is 1. The van der Waals surface area contributed by atoms with Crippen molar-refractivity contribution in [3.63, 3.8) is 0 Å². The Bertz CT molecular complexity index is 1090. The number of allylic oxidation sites excluding steroid dienone is 4. The van der Waals surface area contributed by atoms with Gasteiger partial charge in [-0.25, -0.2) is 4.98 Å². The average Bonchev–Trinajstić information content (AvgIpc) is 2.95. The van der Waals surface area contributed by atoms with Crippen LogP contribution in [0.15, 0.2) is 72.7 Å². The van der Waals surface area contributed by atoms with Gasteiger partial charge >= 0.3 is 5.97 Å². The van der Waals surface area contributed by atoms with Crippen molar-refractivity contribution in [3.8, 4) is 0 Å². The molecule has 1 aromatic carbocycles. The first-order valence-electron chi connectivity index (χ1n) is 11.4. The minimum absolute atomic E-state index is 0.0421. The topological polar surface area (TPSA) is 74.7 Å². The maximum absolute atomic E-state index is 11.4. The van der Waals surface area contributed by atoms with Crippen molar-refractivity contribution in [1.82, 2.24) is 4.98 Å². The lowest BCUT2D eigenvalue weighted by Gasteiger charge is -2.23. The van der Waals surface area contributed by atoms with Crippen molar-refractivity contribution in [2.75, 3.05) is 37.5 Å². The van der Waals surface area contributed by atoms with Crippen LogP contribution < -0.4 is 10.2 Å². The summed E-state index contributed by atoms with van der Waals surface area (Å²) in [6, 6.07) is 12.1. The van der Waals surface area contributed by atoms with Crippen LogP contribution >= 0.6 is 0 Å². The normalized spacial score (nSPS) is 18.8. The third-order valence-electron chi connectivity index (χ3n) is 6.07. The number of fused-ring (bicyclic) bond motifs is 2. The molecule has 0 aliphatic heterocycles. The standard InChI is InChI=1S/C27H31N3O3/c1-30(2)23-10-12-29-26(18-23)28-11-5-13-33-24-9-8-19-14-22(17-27(31)32)25-7-4-3-6-20(25)15-21(19)16-24/h3-4,6-10,12,14,16,18-19,21H,5,11,13,15,17H2,1-2H3,(H,28,29)(H,31,32). The van der Waals surface area contributed by atoms with Crippen molar-refractivity contribution in [3.05, 3.63) is 83.8 Å². The van der Waals surface area contributed by atoms with Gasteiger partial charge in [-0.2, -0.15) is 0 Å².